The molecular weight excluding hydrogens is 809 g/mol. The van der Waals surface area contributed by atoms with E-state index in [1.807, 2.05) is 18.0 Å². The van der Waals surface area contributed by atoms with Gasteiger partial charge in [0.05, 0.1) is 38.9 Å². The summed E-state index contributed by atoms with van der Waals surface area (Å²) in [5, 5.41) is 4.94. The predicted octanol–water partition coefficient (Wildman–Crippen LogP) is 15.4. The number of fused-ring (bicyclic) bond motifs is 12. The minimum Gasteiger partial charge on any atom is -0.309 e. The number of hydrogen-bond donors (Lipinski definition) is 0. The summed E-state index contributed by atoms with van der Waals surface area (Å²) in [6, 6.07) is 71.1. The van der Waals surface area contributed by atoms with Crippen molar-refractivity contribution in [3.63, 3.8) is 0 Å². The van der Waals surface area contributed by atoms with Crippen molar-refractivity contribution in [1.29, 1.82) is 0 Å². The Labute approximate surface area is 381 Å². The highest BCUT2D eigenvalue weighted by molar-refractivity contribution is 7.99. The van der Waals surface area contributed by atoms with Gasteiger partial charge in [-0.1, -0.05) is 133 Å². The number of para-hydroxylation sites is 4. The van der Waals surface area contributed by atoms with Gasteiger partial charge >= 0.3 is 0 Å². The van der Waals surface area contributed by atoms with Crippen molar-refractivity contribution in [2.75, 3.05) is 0 Å². The molecule has 0 fully saturated rings. The molecule has 11 aromatic rings. The van der Waals surface area contributed by atoms with Gasteiger partial charge in [-0.3, -0.25) is 9.98 Å². The fourth-order valence-electron chi connectivity index (χ4n) is 10.9. The molecule has 4 nitrogen and oxygen atoms in total. The second kappa shape index (κ2) is 14.5. The summed E-state index contributed by atoms with van der Waals surface area (Å²) < 4.78 is 4.75. The second-order valence-corrected chi connectivity index (χ2v) is 18.0. The monoisotopic (exact) mass is 848 g/mol. The SMILES string of the molecule is C=NC1=C(/C=C\C)C2(c3ccc(-c4ccc5c(c4)c4ccccc4n5-c4ccccc4)cc3Sc3ccc(-c4ccc5c(c4)c4ccccc4n5-c4ccccc4)cc32)c2cccnc21. The van der Waals surface area contributed by atoms with Crippen molar-refractivity contribution in [2.45, 2.75) is 22.1 Å². The summed E-state index contributed by atoms with van der Waals surface area (Å²) in [6.07, 6.45) is 6.24. The van der Waals surface area contributed by atoms with Crippen LogP contribution in [-0.2, 0) is 5.41 Å². The largest absolute Gasteiger partial charge is 0.309 e. The van der Waals surface area contributed by atoms with Gasteiger partial charge in [0.25, 0.3) is 0 Å². The summed E-state index contributed by atoms with van der Waals surface area (Å²) in [6.45, 7) is 6.22. The van der Waals surface area contributed by atoms with E-state index >= 15 is 0 Å². The number of rotatable bonds is 6. The molecule has 1 spiro atoms. The highest BCUT2D eigenvalue weighted by Gasteiger charge is 2.52. The molecule has 306 valence electrons. The molecule has 5 heteroatoms. The Morgan fingerprint density at radius 2 is 1.03 bits per heavy atom. The van der Waals surface area contributed by atoms with Gasteiger partial charge in [-0.2, -0.15) is 0 Å². The molecule has 1 unspecified atom stereocenters. The molecule has 0 radical (unpaired) electrons. The summed E-state index contributed by atoms with van der Waals surface area (Å²) in [4.78, 5) is 12.2. The van der Waals surface area contributed by atoms with Crippen LogP contribution in [0.3, 0.4) is 0 Å². The molecule has 2 aliphatic rings. The van der Waals surface area contributed by atoms with Crippen molar-refractivity contribution in [2.24, 2.45) is 4.99 Å². The maximum Gasteiger partial charge on any atom is 0.0937 e. The normalized spacial score (nSPS) is 15.4. The molecule has 8 aromatic carbocycles. The second-order valence-electron chi connectivity index (χ2n) is 16.9. The van der Waals surface area contributed by atoms with Crippen molar-refractivity contribution in [3.8, 4) is 33.6 Å². The molecule has 65 heavy (non-hydrogen) atoms. The van der Waals surface area contributed by atoms with Crippen LogP contribution in [0.1, 0.15) is 29.3 Å². The van der Waals surface area contributed by atoms with Gasteiger partial charge in [0.1, 0.15) is 0 Å². The average Bonchev–Trinajstić information content (AvgIpc) is 3.98. The molecule has 0 bridgehead atoms. The fraction of sp³-hybridized carbons (Fsp3) is 0.0333. The number of pyridine rings is 1. The minimum absolute atomic E-state index is 0.683. The van der Waals surface area contributed by atoms with Gasteiger partial charge in [0.15, 0.2) is 0 Å². The molecule has 0 amide bonds. The predicted molar refractivity (Wildman–Crippen MR) is 272 cm³/mol. The van der Waals surface area contributed by atoms with Crippen molar-refractivity contribution in [1.82, 2.24) is 14.1 Å². The first kappa shape index (κ1) is 37.6. The van der Waals surface area contributed by atoms with Gasteiger partial charge in [0.2, 0.25) is 0 Å². The smallest absolute Gasteiger partial charge is 0.0937 e. The van der Waals surface area contributed by atoms with E-state index in [-0.39, 0.29) is 0 Å². The summed E-state index contributed by atoms with van der Waals surface area (Å²) in [5.41, 5.74) is 17.5. The third kappa shape index (κ3) is 5.40. The first-order chi connectivity index (χ1) is 32.1. The maximum absolute atomic E-state index is 5.02. The van der Waals surface area contributed by atoms with Crippen LogP contribution in [0.4, 0.5) is 0 Å². The summed E-state index contributed by atoms with van der Waals surface area (Å²) in [7, 11) is 0. The Kier molecular flexibility index (Phi) is 8.39. The van der Waals surface area contributed by atoms with Crippen molar-refractivity contribution < 1.29 is 0 Å². The molecule has 1 aliphatic heterocycles. The Morgan fingerprint density at radius 3 is 1.65 bits per heavy atom. The van der Waals surface area contributed by atoms with Gasteiger partial charge in [-0.05, 0) is 143 Å². The van der Waals surface area contributed by atoms with Crippen LogP contribution in [0.25, 0.3) is 82.9 Å². The highest BCUT2D eigenvalue weighted by atomic mass is 32.2. The molecule has 1 atom stereocenters. The Balaban J connectivity index is 1.01. The van der Waals surface area contributed by atoms with E-state index in [9.17, 15) is 0 Å². The van der Waals surface area contributed by atoms with Crippen LogP contribution < -0.4 is 0 Å². The standard InChI is InChI=1S/C60H40N4S/c1-3-15-49-58(61-2)59-50(22-14-33-62-59)60(49)48-29-25-41(39-27-31-55-47(35-39)45-21-11-13-24-53(45)64(55)43-18-8-5-9-19-43)37-57(48)65-56-32-28-40(36-51(56)60)38-26-30-54-46(34-38)44-20-10-12-23-52(44)63(54)42-16-6-4-7-17-42/h3-37H,2H2,1H3/b15-3-. The Bertz CT molecular complexity index is 3830. The fourth-order valence-corrected chi connectivity index (χ4v) is 12.1. The molecule has 4 heterocycles. The van der Waals surface area contributed by atoms with Crippen molar-refractivity contribution >= 4 is 67.8 Å². The van der Waals surface area contributed by atoms with E-state index < -0.39 is 5.41 Å². The molecular formula is C60H40N4S. The molecule has 1 aliphatic carbocycles. The average molecular weight is 849 g/mol. The molecule has 0 saturated carbocycles. The third-order valence-electron chi connectivity index (χ3n) is 13.6. The van der Waals surface area contributed by atoms with E-state index in [1.54, 1.807) is 0 Å². The number of nitrogens with zero attached hydrogens (tertiary/aromatic N) is 4. The van der Waals surface area contributed by atoms with Crippen LogP contribution in [0.5, 0.6) is 0 Å². The van der Waals surface area contributed by atoms with Crippen LogP contribution in [-0.4, -0.2) is 20.8 Å². The number of aromatic nitrogens is 3. The third-order valence-corrected chi connectivity index (χ3v) is 14.7. The lowest BCUT2D eigenvalue weighted by atomic mass is 9.66. The molecule has 0 saturated heterocycles. The van der Waals surface area contributed by atoms with E-state index in [0.717, 1.165) is 39.5 Å². The van der Waals surface area contributed by atoms with E-state index in [4.69, 9.17) is 9.98 Å². The van der Waals surface area contributed by atoms with Gasteiger partial charge in [-0.15, -0.1) is 0 Å². The molecule has 0 N–H and O–H groups in total. The van der Waals surface area contributed by atoms with E-state index in [2.05, 4.69) is 229 Å². The Morgan fingerprint density at radius 1 is 0.492 bits per heavy atom. The van der Waals surface area contributed by atoms with Crippen LogP contribution in [0.2, 0.25) is 0 Å². The summed E-state index contributed by atoms with van der Waals surface area (Å²) in [5.74, 6) is 0. The summed E-state index contributed by atoms with van der Waals surface area (Å²) >= 11 is 1.85. The van der Waals surface area contributed by atoms with Gasteiger partial charge in [-0.25, -0.2) is 0 Å². The first-order valence-corrected chi connectivity index (χ1v) is 22.9. The number of hydrogen-bond acceptors (Lipinski definition) is 3. The maximum atomic E-state index is 5.02. The van der Waals surface area contributed by atoms with Gasteiger partial charge < -0.3 is 9.13 Å². The Hall–Kier alpha value is -7.99. The zero-order chi connectivity index (χ0) is 43.2. The van der Waals surface area contributed by atoms with Crippen LogP contribution in [0.15, 0.2) is 233 Å². The number of allylic oxidation sites excluding steroid dienone is 3. The van der Waals surface area contributed by atoms with Crippen LogP contribution >= 0.6 is 11.8 Å². The lowest BCUT2D eigenvalue weighted by Gasteiger charge is -2.40. The lowest BCUT2D eigenvalue weighted by Crippen LogP contribution is -2.33. The van der Waals surface area contributed by atoms with Crippen LogP contribution in [0, 0.1) is 0 Å². The highest BCUT2D eigenvalue weighted by Crippen LogP contribution is 2.62. The number of benzene rings is 8. The minimum atomic E-state index is -0.683. The zero-order valence-corrected chi connectivity index (χ0v) is 36.4. The topological polar surface area (TPSA) is 35.1 Å². The molecule has 3 aromatic heterocycles. The zero-order valence-electron chi connectivity index (χ0n) is 35.6. The van der Waals surface area contributed by atoms with Gasteiger partial charge in [0, 0.05) is 48.9 Å². The van der Waals surface area contributed by atoms with E-state index in [0.29, 0.717) is 0 Å². The lowest BCUT2D eigenvalue weighted by molar-refractivity contribution is 0.714. The first-order valence-electron chi connectivity index (χ1n) is 22.1. The quantitative estimate of drug-likeness (QED) is 0.156. The van der Waals surface area contributed by atoms with E-state index in [1.165, 1.54) is 81.2 Å². The number of aliphatic imine (C=N–C) groups is 1. The van der Waals surface area contributed by atoms with Crippen molar-refractivity contribution in [3.05, 3.63) is 240 Å². The molecule has 13 rings (SSSR count).